The molecule has 0 aliphatic carbocycles. The summed E-state index contributed by atoms with van der Waals surface area (Å²) in [6.45, 7) is 2.38. The van der Waals surface area contributed by atoms with E-state index in [4.69, 9.17) is 4.74 Å². The zero-order valence-electron chi connectivity index (χ0n) is 11.7. The lowest BCUT2D eigenvalue weighted by molar-refractivity contribution is 0.126. The quantitative estimate of drug-likeness (QED) is 0.790. The Balaban J connectivity index is 1.77. The first-order valence-electron chi connectivity index (χ1n) is 6.55. The van der Waals surface area contributed by atoms with Crippen molar-refractivity contribution < 1.29 is 9.84 Å². The number of aliphatic hydroxyl groups excluding tert-OH is 1. The Labute approximate surface area is 123 Å². The summed E-state index contributed by atoms with van der Waals surface area (Å²) >= 11 is 1.46. The first kappa shape index (κ1) is 14.9. The number of thioether (sulfide) groups is 1. The van der Waals surface area contributed by atoms with Gasteiger partial charge in [0.15, 0.2) is 5.16 Å². The van der Waals surface area contributed by atoms with Gasteiger partial charge in [-0.05, 0) is 24.1 Å². The molecule has 0 fully saturated rings. The van der Waals surface area contributed by atoms with Crippen molar-refractivity contribution in [3.63, 3.8) is 0 Å². The third-order valence-corrected chi connectivity index (χ3v) is 4.00. The molecule has 1 N–H and O–H groups in total. The molecule has 2 rings (SSSR count). The van der Waals surface area contributed by atoms with Gasteiger partial charge in [-0.25, -0.2) is 0 Å². The van der Waals surface area contributed by atoms with Crippen LogP contribution in [0, 0.1) is 0 Å². The molecule has 1 atom stereocenters. The number of hydrogen-bond acceptors (Lipinski definition) is 5. The number of aliphatic hydroxyl groups is 1. The molecule has 0 amide bonds. The van der Waals surface area contributed by atoms with Gasteiger partial charge in [0.25, 0.3) is 0 Å². The van der Waals surface area contributed by atoms with E-state index in [2.05, 4.69) is 23.2 Å². The molecule has 1 heterocycles. The molecule has 1 unspecified atom stereocenters. The van der Waals surface area contributed by atoms with Crippen molar-refractivity contribution in [3.05, 3.63) is 36.2 Å². The maximum atomic E-state index is 9.92. The number of hydrogen-bond donors (Lipinski definition) is 1. The monoisotopic (exact) mass is 293 g/mol. The van der Waals surface area contributed by atoms with Crippen LogP contribution in [0.2, 0.25) is 0 Å². The summed E-state index contributed by atoms with van der Waals surface area (Å²) in [4.78, 5) is 0. The molecule has 0 saturated carbocycles. The van der Waals surface area contributed by atoms with E-state index in [9.17, 15) is 5.11 Å². The highest BCUT2D eigenvalue weighted by Gasteiger charge is 2.09. The Morgan fingerprint density at radius 2 is 2.30 bits per heavy atom. The zero-order valence-corrected chi connectivity index (χ0v) is 12.5. The molecule has 0 spiro atoms. The second-order valence-electron chi connectivity index (χ2n) is 4.50. The van der Waals surface area contributed by atoms with Gasteiger partial charge in [0, 0.05) is 12.8 Å². The molecular formula is C14H19N3O2S. The lowest BCUT2D eigenvalue weighted by atomic mass is 10.2. The van der Waals surface area contributed by atoms with Gasteiger partial charge in [-0.3, -0.25) is 0 Å². The predicted molar refractivity (Wildman–Crippen MR) is 79.0 cm³/mol. The molecule has 0 saturated heterocycles. The molecular weight excluding hydrogens is 274 g/mol. The normalized spacial score (nSPS) is 12.3. The van der Waals surface area contributed by atoms with Crippen LogP contribution >= 0.6 is 11.8 Å². The Kier molecular flexibility index (Phi) is 5.43. The molecule has 1 aromatic heterocycles. The van der Waals surface area contributed by atoms with E-state index in [1.54, 1.807) is 6.33 Å². The molecule has 20 heavy (non-hydrogen) atoms. The molecule has 0 aliphatic heterocycles. The van der Waals surface area contributed by atoms with Crippen molar-refractivity contribution in [2.75, 3.05) is 12.4 Å². The number of nitrogens with zero attached hydrogens (tertiary/aromatic N) is 3. The predicted octanol–water partition coefficient (Wildman–Crippen LogP) is 1.91. The van der Waals surface area contributed by atoms with Gasteiger partial charge in [-0.1, -0.05) is 30.8 Å². The number of ether oxygens (including phenoxy) is 1. The Morgan fingerprint density at radius 3 is 3.00 bits per heavy atom. The van der Waals surface area contributed by atoms with Gasteiger partial charge in [-0.15, -0.1) is 10.2 Å². The summed E-state index contributed by atoms with van der Waals surface area (Å²) in [6.07, 6.45) is 2.07. The standard InChI is InChI=1S/C14H19N3O2S/c1-3-11-5-4-6-13(7-11)19-8-12(18)9-20-14-16-15-10-17(14)2/h4-7,10,12,18H,3,8-9H2,1-2H3. The Morgan fingerprint density at radius 1 is 1.45 bits per heavy atom. The summed E-state index contributed by atoms with van der Waals surface area (Å²) in [5.41, 5.74) is 1.23. The SMILES string of the molecule is CCc1cccc(OCC(O)CSc2nncn2C)c1. The van der Waals surface area contributed by atoms with Crippen LogP contribution in [0.4, 0.5) is 0 Å². The average molecular weight is 293 g/mol. The van der Waals surface area contributed by atoms with E-state index in [1.807, 2.05) is 29.8 Å². The lowest BCUT2D eigenvalue weighted by Crippen LogP contribution is -2.20. The third kappa shape index (κ3) is 4.25. The van der Waals surface area contributed by atoms with E-state index in [-0.39, 0.29) is 6.61 Å². The van der Waals surface area contributed by atoms with Gasteiger partial charge >= 0.3 is 0 Å². The third-order valence-electron chi connectivity index (χ3n) is 2.82. The first-order valence-corrected chi connectivity index (χ1v) is 7.54. The second-order valence-corrected chi connectivity index (χ2v) is 5.49. The highest BCUT2D eigenvalue weighted by atomic mass is 32.2. The molecule has 0 aliphatic rings. The van der Waals surface area contributed by atoms with Crippen LogP contribution in [0.1, 0.15) is 12.5 Å². The minimum absolute atomic E-state index is 0.276. The Hall–Kier alpha value is -1.53. The summed E-state index contributed by atoms with van der Waals surface area (Å²) in [5, 5.41) is 18.5. The molecule has 0 radical (unpaired) electrons. The topological polar surface area (TPSA) is 60.2 Å². The molecule has 6 heteroatoms. The van der Waals surface area contributed by atoms with E-state index < -0.39 is 6.10 Å². The summed E-state index contributed by atoms with van der Waals surface area (Å²) in [7, 11) is 1.88. The van der Waals surface area contributed by atoms with E-state index in [0.29, 0.717) is 5.75 Å². The fourth-order valence-corrected chi connectivity index (χ4v) is 2.46. The van der Waals surface area contributed by atoms with Crippen LogP contribution < -0.4 is 4.74 Å². The average Bonchev–Trinajstić information content (AvgIpc) is 2.88. The molecule has 2 aromatic rings. The van der Waals surface area contributed by atoms with Crippen LogP contribution in [-0.4, -0.2) is 38.3 Å². The van der Waals surface area contributed by atoms with Crippen molar-refractivity contribution in [2.45, 2.75) is 24.6 Å². The fourth-order valence-electron chi connectivity index (χ4n) is 1.67. The minimum atomic E-state index is -0.540. The van der Waals surface area contributed by atoms with E-state index >= 15 is 0 Å². The maximum absolute atomic E-state index is 9.92. The summed E-state index contributed by atoms with van der Waals surface area (Å²) in [5.74, 6) is 1.33. The van der Waals surface area contributed by atoms with Crippen LogP contribution in [0.25, 0.3) is 0 Å². The number of benzene rings is 1. The van der Waals surface area contributed by atoms with Crippen molar-refractivity contribution in [3.8, 4) is 5.75 Å². The van der Waals surface area contributed by atoms with Crippen LogP contribution in [0.3, 0.4) is 0 Å². The molecule has 108 valence electrons. The number of aryl methyl sites for hydroxylation is 2. The number of aromatic nitrogens is 3. The zero-order chi connectivity index (χ0) is 14.4. The Bertz CT molecular complexity index is 545. The largest absolute Gasteiger partial charge is 0.491 e. The smallest absolute Gasteiger partial charge is 0.190 e. The van der Waals surface area contributed by atoms with Crippen LogP contribution in [-0.2, 0) is 13.5 Å². The molecule has 5 nitrogen and oxygen atoms in total. The molecule has 0 bridgehead atoms. The van der Waals surface area contributed by atoms with Crippen LogP contribution in [0.15, 0.2) is 35.7 Å². The summed E-state index contributed by atoms with van der Waals surface area (Å²) in [6, 6.07) is 7.94. The van der Waals surface area contributed by atoms with Crippen molar-refractivity contribution in [1.82, 2.24) is 14.8 Å². The highest BCUT2D eigenvalue weighted by molar-refractivity contribution is 7.99. The van der Waals surface area contributed by atoms with Gasteiger partial charge in [-0.2, -0.15) is 0 Å². The lowest BCUT2D eigenvalue weighted by Gasteiger charge is -2.12. The molecule has 1 aromatic carbocycles. The van der Waals surface area contributed by atoms with Gasteiger partial charge < -0.3 is 14.4 Å². The van der Waals surface area contributed by atoms with Gasteiger partial charge in [0.1, 0.15) is 18.7 Å². The summed E-state index contributed by atoms with van der Waals surface area (Å²) < 4.78 is 7.43. The van der Waals surface area contributed by atoms with Gasteiger partial charge in [0.05, 0.1) is 6.10 Å². The fraction of sp³-hybridized carbons (Fsp3) is 0.429. The van der Waals surface area contributed by atoms with Gasteiger partial charge in [0.2, 0.25) is 0 Å². The van der Waals surface area contributed by atoms with Crippen LogP contribution in [0.5, 0.6) is 5.75 Å². The highest BCUT2D eigenvalue weighted by Crippen LogP contribution is 2.17. The number of rotatable bonds is 7. The van der Waals surface area contributed by atoms with Crippen molar-refractivity contribution in [1.29, 1.82) is 0 Å². The van der Waals surface area contributed by atoms with E-state index in [1.165, 1.54) is 17.3 Å². The minimum Gasteiger partial charge on any atom is -0.491 e. The van der Waals surface area contributed by atoms with Crippen molar-refractivity contribution >= 4 is 11.8 Å². The van der Waals surface area contributed by atoms with Crippen molar-refractivity contribution in [2.24, 2.45) is 7.05 Å². The van der Waals surface area contributed by atoms with E-state index in [0.717, 1.165) is 17.3 Å². The first-order chi connectivity index (χ1) is 9.69. The maximum Gasteiger partial charge on any atom is 0.190 e. The second kappa shape index (κ2) is 7.31.